The Balaban J connectivity index is 1.58. The Labute approximate surface area is 187 Å². The van der Waals surface area contributed by atoms with Crippen LogP contribution in [0.15, 0.2) is 60.7 Å². The number of rotatable bonds is 9. The predicted octanol–water partition coefficient (Wildman–Crippen LogP) is 4.93. The monoisotopic (exact) mass is 435 g/mol. The molecule has 0 N–H and O–H groups in total. The summed E-state index contributed by atoms with van der Waals surface area (Å²) in [4.78, 5) is 24.5. The van der Waals surface area contributed by atoms with Crippen molar-refractivity contribution < 1.29 is 23.5 Å². The van der Waals surface area contributed by atoms with Gasteiger partial charge in [0.15, 0.2) is 6.61 Å². The highest BCUT2D eigenvalue weighted by Gasteiger charge is 2.17. The normalized spacial score (nSPS) is 11.0. The molecule has 0 spiro atoms. The topological polar surface area (TPSA) is 57.5 Å². The van der Waals surface area contributed by atoms with Crippen LogP contribution in [0.4, 0.5) is 4.39 Å². The van der Waals surface area contributed by atoms with E-state index in [9.17, 15) is 14.0 Å². The molecule has 1 aromatic heterocycles. The Bertz CT molecular complexity index is 1130. The van der Waals surface area contributed by atoms with Gasteiger partial charge in [0, 0.05) is 35.1 Å². The summed E-state index contributed by atoms with van der Waals surface area (Å²) in [6.45, 7) is 4.18. The molecular weight excluding hydrogens is 409 g/mol. The Kier molecular flexibility index (Phi) is 7.60. The van der Waals surface area contributed by atoms with Gasteiger partial charge in [-0.05, 0) is 56.2 Å². The smallest absolute Gasteiger partial charge is 0.331 e. The Morgan fingerprint density at radius 1 is 1.06 bits per heavy atom. The van der Waals surface area contributed by atoms with E-state index in [2.05, 4.69) is 4.57 Å². The summed E-state index contributed by atoms with van der Waals surface area (Å²) >= 11 is 0. The predicted molar refractivity (Wildman–Crippen MR) is 121 cm³/mol. The number of aryl methyl sites for hydroxylation is 2. The molecule has 0 unspecified atom stereocenters. The molecule has 0 bridgehead atoms. The summed E-state index contributed by atoms with van der Waals surface area (Å²) < 4.78 is 25.9. The standard InChI is InChI=1S/C26H26FNO4/c1-18-16-23(19(2)28(18)15-14-20-8-11-22(31-3)12-9-20)25(29)17-32-26(30)13-10-21-6-4-5-7-24(21)27/h4-13,16H,14-15,17H2,1-3H3/b13-10+. The first-order valence-corrected chi connectivity index (χ1v) is 10.3. The highest BCUT2D eigenvalue weighted by molar-refractivity contribution is 6.00. The minimum Gasteiger partial charge on any atom is -0.497 e. The highest BCUT2D eigenvalue weighted by Crippen LogP contribution is 2.18. The van der Waals surface area contributed by atoms with Crippen LogP contribution in [0.5, 0.6) is 5.75 Å². The molecule has 0 atom stereocenters. The van der Waals surface area contributed by atoms with E-state index in [1.807, 2.05) is 44.2 Å². The Morgan fingerprint density at radius 3 is 2.47 bits per heavy atom. The first kappa shape index (κ1) is 23.0. The van der Waals surface area contributed by atoms with Gasteiger partial charge in [-0.1, -0.05) is 30.3 Å². The van der Waals surface area contributed by atoms with E-state index in [0.29, 0.717) is 5.56 Å². The fraction of sp³-hybridized carbons (Fsp3) is 0.231. The third-order valence-electron chi connectivity index (χ3n) is 5.31. The van der Waals surface area contributed by atoms with Gasteiger partial charge in [-0.3, -0.25) is 4.79 Å². The Morgan fingerprint density at radius 2 is 1.78 bits per heavy atom. The molecule has 1 heterocycles. The summed E-state index contributed by atoms with van der Waals surface area (Å²) in [5.74, 6) is -0.598. The number of methoxy groups -OCH3 is 1. The number of hydrogen-bond acceptors (Lipinski definition) is 4. The lowest BCUT2D eigenvalue weighted by Gasteiger charge is -2.10. The summed E-state index contributed by atoms with van der Waals surface area (Å²) in [5.41, 5.74) is 3.77. The van der Waals surface area contributed by atoms with E-state index in [-0.39, 0.29) is 18.0 Å². The van der Waals surface area contributed by atoms with Crippen LogP contribution in [0.25, 0.3) is 6.08 Å². The van der Waals surface area contributed by atoms with E-state index < -0.39 is 11.8 Å². The lowest BCUT2D eigenvalue weighted by molar-refractivity contribution is -0.136. The number of carbonyl (C=O) groups is 2. The Hall–Kier alpha value is -3.67. The molecule has 5 nitrogen and oxygen atoms in total. The molecule has 3 aromatic rings. The zero-order chi connectivity index (χ0) is 23.1. The molecule has 0 saturated carbocycles. The number of nitrogens with zero attached hydrogens (tertiary/aromatic N) is 1. The number of esters is 1. The lowest BCUT2D eigenvalue weighted by Crippen LogP contribution is -2.14. The van der Waals surface area contributed by atoms with E-state index in [1.165, 1.54) is 17.7 Å². The summed E-state index contributed by atoms with van der Waals surface area (Å²) in [5, 5.41) is 0. The van der Waals surface area contributed by atoms with Crippen molar-refractivity contribution in [2.45, 2.75) is 26.8 Å². The third-order valence-corrected chi connectivity index (χ3v) is 5.31. The van der Waals surface area contributed by atoms with Gasteiger partial charge in [0.05, 0.1) is 7.11 Å². The van der Waals surface area contributed by atoms with Crippen molar-refractivity contribution in [2.75, 3.05) is 13.7 Å². The summed E-state index contributed by atoms with van der Waals surface area (Å²) in [6.07, 6.45) is 3.25. The summed E-state index contributed by atoms with van der Waals surface area (Å²) in [7, 11) is 1.64. The number of ether oxygens (including phenoxy) is 2. The van der Waals surface area contributed by atoms with Gasteiger partial charge in [0.25, 0.3) is 0 Å². The maximum atomic E-state index is 13.6. The van der Waals surface area contributed by atoms with Gasteiger partial charge in [-0.2, -0.15) is 0 Å². The van der Waals surface area contributed by atoms with E-state index >= 15 is 0 Å². The molecule has 0 amide bonds. The van der Waals surface area contributed by atoms with Crippen LogP contribution in [0.1, 0.15) is 32.9 Å². The molecule has 3 rings (SSSR count). The van der Waals surface area contributed by atoms with E-state index in [1.54, 1.807) is 25.3 Å². The van der Waals surface area contributed by atoms with Gasteiger partial charge in [-0.15, -0.1) is 0 Å². The van der Waals surface area contributed by atoms with Crippen LogP contribution >= 0.6 is 0 Å². The summed E-state index contributed by atoms with van der Waals surface area (Å²) in [6, 6.07) is 15.8. The second kappa shape index (κ2) is 10.6. The molecule has 0 saturated heterocycles. The number of benzene rings is 2. The molecule has 0 fully saturated rings. The zero-order valence-electron chi connectivity index (χ0n) is 18.4. The van der Waals surface area contributed by atoms with E-state index in [4.69, 9.17) is 9.47 Å². The first-order chi connectivity index (χ1) is 15.4. The fourth-order valence-electron chi connectivity index (χ4n) is 3.49. The molecule has 0 aliphatic carbocycles. The van der Waals surface area contributed by atoms with Crippen molar-refractivity contribution in [3.05, 3.63) is 94.6 Å². The number of halogens is 1. The average molecular weight is 435 g/mol. The second-order valence-corrected chi connectivity index (χ2v) is 7.42. The molecule has 166 valence electrons. The van der Waals surface area contributed by atoms with Crippen LogP contribution in [0.2, 0.25) is 0 Å². The van der Waals surface area contributed by atoms with Gasteiger partial charge >= 0.3 is 5.97 Å². The molecule has 0 aliphatic heterocycles. The average Bonchev–Trinajstić information content (AvgIpc) is 3.09. The number of carbonyl (C=O) groups excluding carboxylic acids is 2. The maximum absolute atomic E-state index is 13.6. The zero-order valence-corrected chi connectivity index (χ0v) is 18.4. The third kappa shape index (κ3) is 5.72. The van der Waals surface area contributed by atoms with Gasteiger partial charge in [0.1, 0.15) is 11.6 Å². The largest absolute Gasteiger partial charge is 0.497 e. The molecule has 6 heteroatoms. The van der Waals surface area contributed by atoms with Crippen molar-refractivity contribution in [3.63, 3.8) is 0 Å². The number of aromatic nitrogens is 1. The van der Waals surface area contributed by atoms with Crippen molar-refractivity contribution >= 4 is 17.8 Å². The number of hydrogen-bond donors (Lipinski definition) is 0. The fourth-order valence-corrected chi connectivity index (χ4v) is 3.49. The van der Waals surface area contributed by atoms with Crippen molar-refractivity contribution in [1.29, 1.82) is 0 Å². The first-order valence-electron chi connectivity index (χ1n) is 10.3. The second-order valence-electron chi connectivity index (χ2n) is 7.42. The number of Topliss-reactive ketones (excluding diaryl/α,β-unsaturated/α-hetero) is 1. The molecular formula is C26H26FNO4. The van der Waals surface area contributed by atoms with E-state index in [0.717, 1.165) is 36.2 Å². The molecule has 32 heavy (non-hydrogen) atoms. The maximum Gasteiger partial charge on any atom is 0.331 e. The molecule has 0 aliphatic rings. The van der Waals surface area contributed by atoms with Crippen molar-refractivity contribution in [1.82, 2.24) is 4.57 Å². The van der Waals surface area contributed by atoms with Crippen LogP contribution in [0, 0.1) is 19.7 Å². The molecule has 0 radical (unpaired) electrons. The van der Waals surface area contributed by atoms with Crippen LogP contribution in [-0.2, 0) is 22.5 Å². The van der Waals surface area contributed by atoms with Gasteiger partial charge in [0.2, 0.25) is 5.78 Å². The lowest BCUT2D eigenvalue weighted by atomic mass is 10.1. The quantitative estimate of drug-likeness (QED) is 0.272. The SMILES string of the molecule is COc1ccc(CCn2c(C)cc(C(=O)COC(=O)/C=C/c3ccccc3F)c2C)cc1. The highest BCUT2D eigenvalue weighted by atomic mass is 19.1. The minimum atomic E-state index is -0.699. The van der Waals surface area contributed by atoms with Crippen molar-refractivity contribution in [2.24, 2.45) is 0 Å². The van der Waals surface area contributed by atoms with Gasteiger partial charge < -0.3 is 14.0 Å². The number of ketones is 1. The van der Waals surface area contributed by atoms with Crippen molar-refractivity contribution in [3.8, 4) is 5.75 Å². The van der Waals surface area contributed by atoms with Crippen LogP contribution in [0.3, 0.4) is 0 Å². The van der Waals surface area contributed by atoms with Crippen LogP contribution in [-0.4, -0.2) is 30.0 Å². The van der Waals surface area contributed by atoms with Crippen LogP contribution < -0.4 is 4.74 Å². The van der Waals surface area contributed by atoms with Gasteiger partial charge in [-0.25, -0.2) is 9.18 Å². The molecule has 2 aromatic carbocycles. The minimum absolute atomic E-state index is 0.274.